The molecule has 132 valence electrons. The summed E-state index contributed by atoms with van der Waals surface area (Å²) in [6.45, 7) is 0. The number of fused-ring (bicyclic) bond motifs is 2. The molecule has 2 aliphatic heterocycles. The van der Waals surface area contributed by atoms with Gasteiger partial charge >= 0.3 is 0 Å². The monoisotopic (exact) mass is 349 g/mol. The lowest BCUT2D eigenvalue weighted by Gasteiger charge is -2.20. The highest BCUT2D eigenvalue weighted by molar-refractivity contribution is 5.92. The van der Waals surface area contributed by atoms with Crippen molar-refractivity contribution in [3.63, 3.8) is 0 Å². The van der Waals surface area contributed by atoms with Gasteiger partial charge in [-0.05, 0) is 43.5 Å². The van der Waals surface area contributed by atoms with Crippen LogP contribution in [0.3, 0.4) is 0 Å². The first-order valence-electron chi connectivity index (χ1n) is 8.93. The van der Waals surface area contributed by atoms with Crippen LogP contribution < -0.4 is 10.6 Å². The molecule has 26 heavy (non-hydrogen) atoms. The molecule has 4 heterocycles. The van der Waals surface area contributed by atoms with Crippen molar-refractivity contribution in [2.75, 3.05) is 0 Å². The summed E-state index contributed by atoms with van der Waals surface area (Å²) < 4.78 is 11.1. The minimum absolute atomic E-state index is 0.146. The Morgan fingerprint density at radius 1 is 1.12 bits per heavy atom. The molecule has 6 heteroatoms. The third-order valence-electron chi connectivity index (χ3n) is 5.30. The Morgan fingerprint density at radius 3 is 2.65 bits per heavy atom. The lowest BCUT2D eigenvalue weighted by molar-refractivity contribution is 0.0903. The third-order valence-corrected chi connectivity index (χ3v) is 5.30. The summed E-state index contributed by atoms with van der Waals surface area (Å²) in [5.74, 6) is 1.45. The number of rotatable bonds is 4. The summed E-state index contributed by atoms with van der Waals surface area (Å²) in [5.41, 5.74) is 1.80. The molecule has 2 N–H and O–H groups in total. The molecule has 2 aliphatic rings. The van der Waals surface area contributed by atoms with Crippen molar-refractivity contribution < 1.29 is 13.6 Å². The van der Waals surface area contributed by atoms with Gasteiger partial charge in [-0.25, -0.2) is 4.98 Å². The zero-order valence-electron chi connectivity index (χ0n) is 14.1. The predicted octanol–water partition coefficient (Wildman–Crippen LogP) is 3.22. The van der Waals surface area contributed by atoms with E-state index in [0.29, 0.717) is 29.5 Å². The lowest BCUT2D eigenvalue weighted by atomic mass is 9.95. The Labute approximate surface area is 150 Å². The molecule has 2 aromatic heterocycles. The van der Waals surface area contributed by atoms with Crippen LogP contribution >= 0.6 is 0 Å². The highest BCUT2D eigenvalue weighted by atomic mass is 16.4. The minimum Gasteiger partial charge on any atom is -0.451 e. The number of hydrogen-bond donors (Lipinski definition) is 2. The Kier molecular flexibility index (Phi) is 3.64. The number of nitrogens with zero attached hydrogens (tertiary/aromatic N) is 1. The van der Waals surface area contributed by atoms with Crippen molar-refractivity contribution in [1.29, 1.82) is 0 Å². The van der Waals surface area contributed by atoms with E-state index >= 15 is 0 Å². The van der Waals surface area contributed by atoms with Gasteiger partial charge in [0.2, 0.25) is 5.89 Å². The molecule has 2 fully saturated rings. The average Bonchev–Trinajstić information content (AvgIpc) is 3.46. The number of furan rings is 1. The molecular formula is C20H19N3O3. The van der Waals surface area contributed by atoms with Crippen LogP contribution in [0.5, 0.6) is 0 Å². The third kappa shape index (κ3) is 2.72. The maximum Gasteiger partial charge on any atom is 0.287 e. The van der Waals surface area contributed by atoms with Crippen molar-refractivity contribution in [3.8, 4) is 22.8 Å². The molecule has 2 bridgehead atoms. The van der Waals surface area contributed by atoms with Crippen LogP contribution in [-0.4, -0.2) is 29.0 Å². The second-order valence-electron chi connectivity index (χ2n) is 6.94. The van der Waals surface area contributed by atoms with Gasteiger partial charge < -0.3 is 19.5 Å². The van der Waals surface area contributed by atoms with Gasteiger partial charge in [0, 0.05) is 29.3 Å². The number of carbonyl (C=O) groups excluding carboxylic acids is 1. The van der Waals surface area contributed by atoms with Crippen molar-refractivity contribution in [2.24, 2.45) is 0 Å². The number of aromatic nitrogens is 1. The van der Waals surface area contributed by atoms with Crippen LogP contribution in [0.2, 0.25) is 0 Å². The van der Waals surface area contributed by atoms with Crippen molar-refractivity contribution >= 4 is 5.91 Å². The first-order valence-corrected chi connectivity index (χ1v) is 8.93. The number of benzene rings is 1. The first-order chi connectivity index (χ1) is 12.8. The fraction of sp³-hybridized carbons (Fsp3) is 0.300. The minimum atomic E-state index is -0.146. The van der Waals surface area contributed by atoms with E-state index in [2.05, 4.69) is 15.6 Å². The highest BCUT2D eigenvalue weighted by Crippen LogP contribution is 2.29. The Hall–Kier alpha value is -2.86. The molecule has 3 unspecified atom stereocenters. The largest absolute Gasteiger partial charge is 0.451 e. The molecule has 1 aromatic carbocycles. The smallest absolute Gasteiger partial charge is 0.287 e. The van der Waals surface area contributed by atoms with Gasteiger partial charge in [-0.2, -0.15) is 0 Å². The Balaban J connectivity index is 1.29. The first kappa shape index (κ1) is 15.4. The molecule has 3 aromatic rings. The quantitative estimate of drug-likeness (QED) is 0.756. The lowest BCUT2D eigenvalue weighted by Crippen LogP contribution is -2.42. The van der Waals surface area contributed by atoms with E-state index in [9.17, 15) is 4.79 Å². The van der Waals surface area contributed by atoms with E-state index in [1.165, 1.54) is 6.42 Å². The van der Waals surface area contributed by atoms with Gasteiger partial charge in [0.25, 0.3) is 5.91 Å². The number of carbonyl (C=O) groups is 1. The predicted molar refractivity (Wildman–Crippen MR) is 95.5 cm³/mol. The zero-order chi connectivity index (χ0) is 17.5. The van der Waals surface area contributed by atoms with Crippen LogP contribution in [0.1, 0.15) is 29.8 Å². The number of amides is 1. The van der Waals surface area contributed by atoms with Gasteiger partial charge in [-0.1, -0.05) is 12.1 Å². The Bertz CT molecular complexity index is 914. The summed E-state index contributed by atoms with van der Waals surface area (Å²) in [6, 6.07) is 12.4. The van der Waals surface area contributed by atoms with Gasteiger partial charge in [0.05, 0.1) is 6.20 Å². The number of nitrogens with one attached hydrogen (secondary N) is 2. The van der Waals surface area contributed by atoms with Crippen LogP contribution in [0, 0.1) is 0 Å². The molecule has 3 atom stereocenters. The molecule has 0 spiro atoms. The van der Waals surface area contributed by atoms with Crippen LogP contribution in [0.15, 0.2) is 57.7 Å². The van der Waals surface area contributed by atoms with Crippen molar-refractivity contribution in [3.05, 3.63) is 54.6 Å². The van der Waals surface area contributed by atoms with E-state index in [0.717, 1.165) is 24.0 Å². The molecular weight excluding hydrogens is 330 g/mol. The normalized spacial score (nSPS) is 24.1. The molecule has 0 saturated carbocycles. The van der Waals surface area contributed by atoms with Crippen LogP contribution in [0.25, 0.3) is 22.8 Å². The molecule has 0 aliphatic carbocycles. The highest BCUT2D eigenvalue weighted by Gasteiger charge is 2.39. The van der Waals surface area contributed by atoms with E-state index in [1.54, 1.807) is 18.5 Å². The molecule has 0 radical (unpaired) electrons. The fourth-order valence-electron chi connectivity index (χ4n) is 3.98. The molecule has 5 rings (SSSR count). The summed E-state index contributed by atoms with van der Waals surface area (Å²) in [5, 5.41) is 6.63. The van der Waals surface area contributed by atoms with Gasteiger partial charge in [0.15, 0.2) is 5.76 Å². The topological polar surface area (TPSA) is 80.3 Å². The van der Waals surface area contributed by atoms with Crippen LogP contribution in [0.4, 0.5) is 0 Å². The van der Waals surface area contributed by atoms with Crippen LogP contribution in [-0.2, 0) is 0 Å². The zero-order valence-corrected chi connectivity index (χ0v) is 14.1. The number of oxazole rings is 1. The number of hydrogen-bond acceptors (Lipinski definition) is 5. The van der Waals surface area contributed by atoms with Gasteiger partial charge in [0.1, 0.15) is 12.0 Å². The molecule has 6 nitrogen and oxygen atoms in total. The summed E-state index contributed by atoms with van der Waals surface area (Å²) in [4.78, 5) is 16.6. The summed E-state index contributed by atoms with van der Waals surface area (Å²) in [6.07, 6.45) is 6.52. The van der Waals surface area contributed by atoms with E-state index in [4.69, 9.17) is 8.83 Å². The van der Waals surface area contributed by atoms with Crippen molar-refractivity contribution in [1.82, 2.24) is 15.6 Å². The maximum absolute atomic E-state index is 12.5. The van der Waals surface area contributed by atoms with E-state index in [-0.39, 0.29) is 11.9 Å². The summed E-state index contributed by atoms with van der Waals surface area (Å²) in [7, 11) is 0. The molecule has 2 saturated heterocycles. The second kappa shape index (κ2) is 6.14. The van der Waals surface area contributed by atoms with Gasteiger partial charge in [-0.3, -0.25) is 4.79 Å². The van der Waals surface area contributed by atoms with Crippen molar-refractivity contribution in [2.45, 2.75) is 37.4 Å². The molecule has 1 amide bonds. The van der Waals surface area contributed by atoms with E-state index in [1.807, 2.05) is 30.3 Å². The SMILES string of the molecule is O=C(NC1CC2CCC1N2)c1ccc(-c2ccc(-c3ncco3)cc2)o1. The standard InChI is InChI=1S/C20H19N3O3/c24-19(23-16-11-14-5-6-15(16)22-14)18-8-7-17(26-18)12-1-3-13(4-2-12)20-21-9-10-25-20/h1-4,7-10,14-16,22H,5-6,11H2,(H,23,24). The van der Waals surface area contributed by atoms with Gasteiger partial charge in [-0.15, -0.1) is 0 Å². The fourth-order valence-corrected chi connectivity index (χ4v) is 3.98. The van der Waals surface area contributed by atoms with E-state index < -0.39 is 0 Å². The summed E-state index contributed by atoms with van der Waals surface area (Å²) >= 11 is 0. The maximum atomic E-state index is 12.5. The second-order valence-corrected chi connectivity index (χ2v) is 6.94. The Morgan fingerprint density at radius 2 is 1.96 bits per heavy atom. The average molecular weight is 349 g/mol.